The van der Waals surface area contributed by atoms with E-state index in [0.717, 1.165) is 12.8 Å². The highest BCUT2D eigenvalue weighted by Crippen LogP contribution is 2.24. The third-order valence-electron chi connectivity index (χ3n) is 3.47. The lowest BCUT2D eigenvalue weighted by Gasteiger charge is -2.30. The molecular formula is C13H17N3O3S. The van der Waals surface area contributed by atoms with Gasteiger partial charge in [0.1, 0.15) is 11.0 Å². The van der Waals surface area contributed by atoms with Crippen molar-refractivity contribution in [2.24, 2.45) is 5.92 Å². The molecule has 0 N–H and O–H groups in total. The third-order valence-corrected chi connectivity index (χ3v) is 5.40. The molecule has 1 aromatic heterocycles. The first-order chi connectivity index (χ1) is 9.59. The summed E-state index contributed by atoms with van der Waals surface area (Å²) in [5.74, 6) is 0.399. The van der Waals surface area contributed by atoms with Crippen LogP contribution in [0.4, 0.5) is 0 Å². The number of aromatic nitrogens is 1. The third kappa shape index (κ3) is 2.98. The predicted molar refractivity (Wildman–Crippen MR) is 72.3 cm³/mol. The Morgan fingerprint density at radius 1 is 1.50 bits per heavy atom. The normalized spacial score (nSPS) is 17.8. The van der Waals surface area contributed by atoms with Crippen LogP contribution in [-0.2, 0) is 14.8 Å². The molecule has 20 heavy (non-hydrogen) atoms. The van der Waals surface area contributed by atoms with Gasteiger partial charge in [-0.2, -0.15) is 9.57 Å². The van der Waals surface area contributed by atoms with Crippen molar-refractivity contribution in [2.45, 2.75) is 17.7 Å². The van der Waals surface area contributed by atoms with Crippen LogP contribution in [0.2, 0.25) is 0 Å². The zero-order valence-corrected chi connectivity index (χ0v) is 12.1. The molecule has 0 bridgehead atoms. The number of nitriles is 1. The highest BCUT2D eigenvalue weighted by molar-refractivity contribution is 7.89. The summed E-state index contributed by atoms with van der Waals surface area (Å²) in [5, 5.41) is 8.98. The summed E-state index contributed by atoms with van der Waals surface area (Å²) in [6.45, 7) is 1.57. The minimum Gasteiger partial charge on any atom is -0.384 e. The van der Waals surface area contributed by atoms with Gasteiger partial charge in [-0.05, 0) is 30.9 Å². The molecule has 0 unspecified atom stereocenters. The Labute approximate surface area is 119 Å². The Morgan fingerprint density at radius 2 is 2.20 bits per heavy atom. The van der Waals surface area contributed by atoms with E-state index in [1.807, 2.05) is 6.07 Å². The van der Waals surface area contributed by atoms with E-state index in [1.54, 1.807) is 7.11 Å². The molecule has 0 radical (unpaired) electrons. The van der Waals surface area contributed by atoms with Crippen LogP contribution in [-0.4, -0.2) is 44.5 Å². The fourth-order valence-corrected chi connectivity index (χ4v) is 3.94. The summed E-state index contributed by atoms with van der Waals surface area (Å²) in [6, 6.07) is 4.80. The van der Waals surface area contributed by atoms with Crippen LogP contribution in [0.25, 0.3) is 0 Å². The van der Waals surface area contributed by atoms with Crippen LogP contribution in [0.15, 0.2) is 23.2 Å². The average Bonchev–Trinajstić information content (AvgIpc) is 2.48. The Bertz CT molecular complexity index is 602. The van der Waals surface area contributed by atoms with Gasteiger partial charge in [0.25, 0.3) is 0 Å². The largest absolute Gasteiger partial charge is 0.384 e. The smallest absolute Gasteiger partial charge is 0.245 e. The quantitative estimate of drug-likeness (QED) is 0.827. The van der Waals surface area contributed by atoms with E-state index in [0.29, 0.717) is 25.6 Å². The monoisotopic (exact) mass is 295 g/mol. The molecule has 108 valence electrons. The highest BCUT2D eigenvalue weighted by atomic mass is 32.2. The number of nitrogens with zero attached hydrogens (tertiary/aromatic N) is 3. The molecule has 0 aliphatic carbocycles. The van der Waals surface area contributed by atoms with Gasteiger partial charge in [0.2, 0.25) is 10.0 Å². The van der Waals surface area contributed by atoms with Gasteiger partial charge < -0.3 is 4.74 Å². The number of methoxy groups -OCH3 is 1. The summed E-state index contributed by atoms with van der Waals surface area (Å²) in [6.07, 6.45) is 2.97. The standard InChI is InChI=1S/C13H17N3O3S/c1-19-10-11-4-7-16(8-5-11)20(17,18)13-3-2-6-15-12(13)9-14/h2-3,6,11H,4-5,7-8,10H2,1H3. The Hall–Kier alpha value is -1.49. The van der Waals surface area contributed by atoms with Crippen molar-refractivity contribution >= 4 is 10.0 Å². The average molecular weight is 295 g/mol. The SMILES string of the molecule is COCC1CCN(S(=O)(=O)c2cccnc2C#N)CC1. The predicted octanol–water partition coefficient (Wildman–Crippen LogP) is 1.00. The van der Waals surface area contributed by atoms with Crippen LogP contribution >= 0.6 is 0 Å². The number of pyridine rings is 1. The second kappa shape index (κ2) is 6.31. The number of hydrogen-bond acceptors (Lipinski definition) is 5. The molecule has 1 aromatic rings. The van der Waals surface area contributed by atoms with Gasteiger partial charge in [-0.1, -0.05) is 0 Å². The molecule has 1 aliphatic rings. The minimum absolute atomic E-state index is 0.00677. The number of piperidine rings is 1. The number of hydrogen-bond donors (Lipinski definition) is 0. The van der Waals surface area contributed by atoms with Crippen molar-refractivity contribution in [2.75, 3.05) is 26.8 Å². The zero-order valence-electron chi connectivity index (χ0n) is 11.3. The van der Waals surface area contributed by atoms with Crippen molar-refractivity contribution in [1.82, 2.24) is 9.29 Å². The molecule has 7 heteroatoms. The molecule has 0 amide bonds. The summed E-state index contributed by atoms with van der Waals surface area (Å²) >= 11 is 0. The Kier molecular flexibility index (Phi) is 4.70. The summed E-state index contributed by atoms with van der Waals surface area (Å²) < 4.78 is 31.6. The topological polar surface area (TPSA) is 83.3 Å². The van der Waals surface area contributed by atoms with E-state index in [2.05, 4.69) is 4.98 Å². The fraction of sp³-hybridized carbons (Fsp3) is 0.538. The van der Waals surface area contributed by atoms with Crippen molar-refractivity contribution < 1.29 is 13.2 Å². The van der Waals surface area contributed by atoms with Crippen molar-refractivity contribution in [1.29, 1.82) is 5.26 Å². The van der Waals surface area contributed by atoms with Gasteiger partial charge in [-0.15, -0.1) is 0 Å². The molecule has 0 spiro atoms. The molecule has 0 atom stereocenters. The lowest BCUT2D eigenvalue weighted by atomic mass is 9.99. The first-order valence-electron chi connectivity index (χ1n) is 6.43. The lowest BCUT2D eigenvalue weighted by molar-refractivity contribution is 0.121. The van der Waals surface area contributed by atoms with Crippen LogP contribution in [0.1, 0.15) is 18.5 Å². The Balaban J connectivity index is 2.18. The van der Waals surface area contributed by atoms with E-state index in [1.165, 1.54) is 22.6 Å². The molecule has 0 saturated carbocycles. The van der Waals surface area contributed by atoms with Crippen LogP contribution in [0.5, 0.6) is 0 Å². The van der Waals surface area contributed by atoms with E-state index < -0.39 is 10.0 Å². The van der Waals surface area contributed by atoms with Crippen molar-refractivity contribution in [3.05, 3.63) is 24.0 Å². The maximum absolute atomic E-state index is 12.5. The lowest BCUT2D eigenvalue weighted by Crippen LogP contribution is -2.39. The van der Waals surface area contributed by atoms with E-state index in [4.69, 9.17) is 10.00 Å². The maximum Gasteiger partial charge on any atom is 0.245 e. The van der Waals surface area contributed by atoms with Gasteiger partial charge in [0.15, 0.2) is 5.69 Å². The number of rotatable bonds is 4. The molecule has 2 heterocycles. The second-order valence-electron chi connectivity index (χ2n) is 4.76. The molecule has 0 aromatic carbocycles. The first kappa shape index (κ1) is 14.9. The van der Waals surface area contributed by atoms with Crippen molar-refractivity contribution in [3.63, 3.8) is 0 Å². The van der Waals surface area contributed by atoms with Gasteiger partial charge in [0.05, 0.1) is 0 Å². The van der Waals surface area contributed by atoms with Gasteiger partial charge >= 0.3 is 0 Å². The van der Waals surface area contributed by atoms with Crippen molar-refractivity contribution in [3.8, 4) is 6.07 Å². The molecular weight excluding hydrogens is 278 g/mol. The Morgan fingerprint density at radius 3 is 2.80 bits per heavy atom. The van der Waals surface area contributed by atoms with Crippen LogP contribution in [0.3, 0.4) is 0 Å². The van der Waals surface area contributed by atoms with E-state index in [9.17, 15) is 8.42 Å². The second-order valence-corrected chi connectivity index (χ2v) is 6.67. The minimum atomic E-state index is -3.64. The van der Waals surface area contributed by atoms with E-state index in [-0.39, 0.29) is 10.6 Å². The first-order valence-corrected chi connectivity index (χ1v) is 7.87. The molecule has 1 saturated heterocycles. The number of ether oxygens (including phenoxy) is 1. The van der Waals surface area contributed by atoms with E-state index >= 15 is 0 Å². The van der Waals surface area contributed by atoms with Gasteiger partial charge in [-0.25, -0.2) is 13.4 Å². The van der Waals surface area contributed by atoms with Crippen LogP contribution < -0.4 is 0 Å². The summed E-state index contributed by atoms with van der Waals surface area (Å²) in [5.41, 5.74) is -0.0495. The molecule has 1 fully saturated rings. The number of sulfonamides is 1. The van der Waals surface area contributed by atoms with Crippen LogP contribution in [0, 0.1) is 17.2 Å². The molecule has 1 aliphatic heterocycles. The van der Waals surface area contributed by atoms with Gasteiger partial charge in [0, 0.05) is 33.0 Å². The summed E-state index contributed by atoms with van der Waals surface area (Å²) in [7, 11) is -1.98. The fourth-order valence-electron chi connectivity index (χ4n) is 2.37. The maximum atomic E-state index is 12.5. The summed E-state index contributed by atoms with van der Waals surface area (Å²) in [4.78, 5) is 3.81. The van der Waals surface area contributed by atoms with Gasteiger partial charge in [-0.3, -0.25) is 0 Å². The molecule has 2 rings (SSSR count). The highest BCUT2D eigenvalue weighted by Gasteiger charge is 2.31. The zero-order chi connectivity index (χ0) is 14.6. The molecule has 6 nitrogen and oxygen atoms in total.